The molecule has 2 rings (SSSR count). The van der Waals surface area contributed by atoms with Gasteiger partial charge in [-0.2, -0.15) is 9.78 Å². The first kappa shape index (κ1) is 16.5. The summed E-state index contributed by atoms with van der Waals surface area (Å²) in [6.45, 7) is 9.38. The molecule has 0 spiro atoms. The predicted octanol–water partition coefficient (Wildman–Crippen LogP) is 2.98. The number of aromatic nitrogens is 2. The molecule has 0 radical (unpaired) electrons. The van der Waals surface area contributed by atoms with Crippen molar-refractivity contribution in [2.45, 2.75) is 65.4 Å². The lowest BCUT2D eigenvalue weighted by Crippen LogP contribution is -2.29. The van der Waals surface area contributed by atoms with Gasteiger partial charge in [0, 0.05) is 0 Å². The quantitative estimate of drug-likeness (QED) is 0.908. The van der Waals surface area contributed by atoms with Crippen molar-refractivity contribution in [1.29, 1.82) is 0 Å². The number of fused-ring (bicyclic) bond motifs is 1. The molecule has 6 heteroatoms. The highest BCUT2D eigenvalue weighted by Gasteiger charge is 2.33. The van der Waals surface area contributed by atoms with E-state index in [9.17, 15) is 14.7 Å². The predicted molar refractivity (Wildman–Crippen MR) is 81.1 cm³/mol. The lowest BCUT2D eigenvalue weighted by atomic mass is 9.85. The lowest BCUT2D eigenvalue weighted by molar-refractivity contribution is -0.142. The number of hydrogen-bond donors (Lipinski definition) is 1. The second-order valence-corrected chi connectivity index (χ2v) is 7.14. The second-order valence-electron chi connectivity index (χ2n) is 7.14. The average Bonchev–Trinajstić information content (AvgIpc) is 2.74. The van der Waals surface area contributed by atoms with Crippen LogP contribution in [0.15, 0.2) is 0 Å². The van der Waals surface area contributed by atoms with Crippen LogP contribution in [0, 0.1) is 5.92 Å². The van der Waals surface area contributed by atoms with Crippen molar-refractivity contribution >= 4 is 12.1 Å². The van der Waals surface area contributed by atoms with E-state index in [1.54, 1.807) is 0 Å². The molecule has 1 aromatic heterocycles. The van der Waals surface area contributed by atoms with E-state index in [4.69, 9.17) is 4.74 Å². The third-order valence-corrected chi connectivity index (χ3v) is 3.75. The Kier molecular flexibility index (Phi) is 4.31. The summed E-state index contributed by atoms with van der Waals surface area (Å²) in [5.74, 6) is -1.12. The summed E-state index contributed by atoms with van der Waals surface area (Å²) in [5.41, 5.74) is 1.91. The van der Waals surface area contributed by atoms with Crippen LogP contribution in [0.1, 0.15) is 63.9 Å². The number of hydrogen-bond acceptors (Lipinski definition) is 4. The molecule has 1 aliphatic rings. The van der Waals surface area contributed by atoms with Crippen LogP contribution in [0.5, 0.6) is 0 Å². The monoisotopic (exact) mass is 308 g/mol. The van der Waals surface area contributed by atoms with E-state index in [1.807, 2.05) is 34.6 Å². The Hall–Kier alpha value is -1.85. The van der Waals surface area contributed by atoms with Gasteiger partial charge in [-0.1, -0.05) is 13.8 Å². The number of carboxylic acid groups (broad SMARTS) is 1. The molecule has 0 bridgehead atoms. The number of nitrogens with zero attached hydrogens (tertiary/aromatic N) is 2. The highest BCUT2D eigenvalue weighted by atomic mass is 16.6. The zero-order valence-electron chi connectivity index (χ0n) is 13.8. The van der Waals surface area contributed by atoms with Crippen molar-refractivity contribution in [1.82, 2.24) is 9.78 Å². The van der Waals surface area contributed by atoms with Gasteiger partial charge in [0.05, 0.1) is 17.3 Å². The summed E-state index contributed by atoms with van der Waals surface area (Å²) in [4.78, 5) is 23.6. The van der Waals surface area contributed by atoms with Gasteiger partial charge in [-0.05, 0) is 51.5 Å². The number of ether oxygens (including phenoxy) is 1. The summed E-state index contributed by atoms with van der Waals surface area (Å²) >= 11 is 0. The van der Waals surface area contributed by atoms with Crippen molar-refractivity contribution in [2.75, 3.05) is 0 Å². The molecule has 0 fully saturated rings. The van der Waals surface area contributed by atoms with E-state index in [0.29, 0.717) is 19.3 Å². The maximum absolute atomic E-state index is 12.4. The Bertz CT molecular complexity index is 596. The average molecular weight is 308 g/mol. The highest BCUT2D eigenvalue weighted by Crippen LogP contribution is 2.32. The summed E-state index contributed by atoms with van der Waals surface area (Å²) in [6, 6.07) is 0. The summed E-state index contributed by atoms with van der Waals surface area (Å²) in [5, 5.41) is 13.6. The minimum absolute atomic E-state index is 0.0660. The molecular weight excluding hydrogens is 284 g/mol. The maximum atomic E-state index is 12.4. The molecule has 0 aliphatic heterocycles. The minimum atomic E-state index is -0.787. The van der Waals surface area contributed by atoms with Gasteiger partial charge < -0.3 is 9.84 Å². The van der Waals surface area contributed by atoms with Crippen LogP contribution >= 0.6 is 0 Å². The van der Waals surface area contributed by atoms with Gasteiger partial charge in [0.15, 0.2) is 0 Å². The topological polar surface area (TPSA) is 81.4 Å². The Balaban J connectivity index is 2.41. The van der Waals surface area contributed by atoms with Crippen LogP contribution in [0.2, 0.25) is 0 Å². The molecule has 22 heavy (non-hydrogen) atoms. The number of rotatable bonds is 2. The summed E-state index contributed by atoms with van der Waals surface area (Å²) < 4.78 is 6.74. The molecule has 1 aromatic rings. The van der Waals surface area contributed by atoms with E-state index in [0.717, 1.165) is 17.0 Å². The van der Waals surface area contributed by atoms with E-state index in [1.165, 1.54) is 4.68 Å². The van der Waals surface area contributed by atoms with Gasteiger partial charge in [-0.3, -0.25) is 4.79 Å². The fraction of sp³-hybridized carbons (Fsp3) is 0.688. The van der Waals surface area contributed by atoms with Crippen molar-refractivity contribution in [3.8, 4) is 0 Å². The van der Waals surface area contributed by atoms with Gasteiger partial charge in [0.25, 0.3) is 0 Å². The standard InChI is InChI=1S/C16H24N2O4/c1-9(2)13-11-8-10(14(19)20)6-7-12(11)17-18(13)15(21)22-16(3,4)5/h9-10H,6-8H2,1-5H3,(H,19,20). The number of carbonyl (C=O) groups excluding carboxylic acids is 1. The van der Waals surface area contributed by atoms with Crippen molar-refractivity contribution in [2.24, 2.45) is 5.92 Å². The zero-order chi connectivity index (χ0) is 16.7. The lowest BCUT2D eigenvalue weighted by Gasteiger charge is -2.21. The van der Waals surface area contributed by atoms with E-state index < -0.39 is 23.6 Å². The molecule has 122 valence electrons. The van der Waals surface area contributed by atoms with Crippen molar-refractivity contribution in [3.05, 3.63) is 17.0 Å². The van der Waals surface area contributed by atoms with Gasteiger partial charge in [0.1, 0.15) is 5.60 Å². The van der Waals surface area contributed by atoms with Gasteiger partial charge in [-0.25, -0.2) is 4.79 Å². The molecular formula is C16H24N2O4. The van der Waals surface area contributed by atoms with Crippen LogP contribution < -0.4 is 0 Å². The Morgan fingerprint density at radius 1 is 1.36 bits per heavy atom. The van der Waals surface area contributed by atoms with Gasteiger partial charge in [-0.15, -0.1) is 0 Å². The Morgan fingerprint density at radius 3 is 2.50 bits per heavy atom. The first-order valence-corrected chi connectivity index (χ1v) is 7.67. The molecule has 0 saturated heterocycles. The van der Waals surface area contributed by atoms with Crippen LogP contribution in [-0.4, -0.2) is 32.6 Å². The molecule has 0 saturated carbocycles. The normalized spacial score (nSPS) is 18.2. The highest BCUT2D eigenvalue weighted by molar-refractivity contribution is 5.73. The zero-order valence-corrected chi connectivity index (χ0v) is 13.8. The molecule has 1 N–H and O–H groups in total. The van der Waals surface area contributed by atoms with Crippen LogP contribution in [0.25, 0.3) is 0 Å². The van der Waals surface area contributed by atoms with Crippen molar-refractivity contribution < 1.29 is 19.4 Å². The molecule has 1 unspecified atom stereocenters. The summed E-state index contributed by atoms with van der Waals surface area (Å²) in [6.07, 6.45) is 1.08. The van der Waals surface area contributed by atoms with Crippen LogP contribution in [-0.2, 0) is 22.4 Å². The minimum Gasteiger partial charge on any atom is -0.481 e. The SMILES string of the molecule is CC(C)c1c2c(nn1C(=O)OC(C)(C)C)CCC(C(=O)O)C2. The molecule has 6 nitrogen and oxygen atoms in total. The van der Waals surface area contributed by atoms with E-state index in [-0.39, 0.29) is 5.92 Å². The molecule has 0 amide bonds. The van der Waals surface area contributed by atoms with Crippen LogP contribution in [0.3, 0.4) is 0 Å². The second kappa shape index (κ2) is 5.74. The number of carboxylic acids is 1. The van der Waals surface area contributed by atoms with E-state index in [2.05, 4.69) is 5.10 Å². The smallest absolute Gasteiger partial charge is 0.435 e. The Labute approximate surface area is 130 Å². The molecule has 1 heterocycles. The van der Waals surface area contributed by atoms with Crippen molar-refractivity contribution in [3.63, 3.8) is 0 Å². The Morgan fingerprint density at radius 2 is 2.00 bits per heavy atom. The molecule has 1 atom stereocenters. The van der Waals surface area contributed by atoms with Gasteiger partial charge >= 0.3 is 12.1 Å². The number of aliphatic carboxylic acids is 1. The first-order valence-electron chi connectivity index (χ1n) is 7.67. The molecule has 1 aliphatic carbocycles. The van der Waals surface area contributed by atoms with Gasteiger partial charge in [0.2, 0.25) is 0 Å². The van der Waals surface area contributed by atoms with E-state index >= 15 is 0 Å². The summed E-state index contributed by atoms with van der Waals surface area (Å²) in [7, 11) is 0. The largest absolute Gasteiger partial charge is 0.481 e. The fourth-order valence-corrected chi connectivity index (χ4v) is 2.84. The third-order valence-electron chi connectivity index (χ3n) is 3.75. The fourth-order valence-electron chi connectivity index (χ4n) is 2.84. The number of aryl methyl sites for hydroxylation is 1. The molecule has 0 aromatic carbocycles. The first-order chi connectivity index (χ1) is 10.1. The number of carbonyl (C=O) groups is 2. The van der Waals surface area contributed by atoms with Crippen LogP contribution in [0.4, 0.5) is 4.79 Å². The third kappa shape index (κ3) is 3.31. The maximum Gasteiger partial charge on any atom is 0.435 e.